The highest BCUT2D eigenvalue weighted by Gasteiger charge is 2.33. The fourth-order valence-electron chi connectivity index (χ4n) is 5.43. The number of nitrogens with zero attached hydrogens (tertiary/aromatic N) is 1. The zero-order valence-electron chi connectivity index (χ0n) is 20.2. The Bertz CT molecular complexity index is 948. The second-order valence-electron chi connectivity index (χ2n) is 10.1. The number of amides is 1. The zero-order valence-corrected chi connectivity index (χ0v) is 21.0. The maximum Gasteiger partial charge on any atom is 0.240 e. The van der Waals surface area contributed by atoms with Crippen LogP contribution in [0.3, 0.4) is 0 Å². The summed E-state index contributed by atoms with van der Waals surface area (Å²) < 4.78 is 0. The molecular formula is C28H39N3OS. The van der Waals surface area contributed by atoms with Crippen LogP contribution in [0.2, 0.25) is 0 Å². The number of fused-ring (bicyclic) bond motifs is 1. The molecule has 2 aromatic carbocycles. The van der Waals surface area contributed by atoms with Crippen molar-refractivity contribution in [3.8, 4) is 0 Å². The first-order valence-electron chi connectivity index (χ1n) is 12.6. The van der Waals surface area contributed by atoms with Gasteiger partial charge < -0.3 is 16.0 Å². The van der Waals surface area contributed by atoms with Crippen LogP contribution in [0, 0.1) is 0 Å². The minimum atomic E-state index is -0.0836. The minimum Gasteiger partial charge on any atom is -0.326 e. The van der Waals surface area contributed by atoms with Gasteiger partial charge in [-0.25, -0.2) is 0 Å². The first-order valence-corrected chi connectivity index (χ1v) is 13.5. The van der Waals surface area contributed by atoms with Crippen LogP contribution in [0.4, 0.5) is 5.69 Å². The Kier molecular flexibility index (Phi) is 8.15. The van der Waals surface area contributed by atoms with Crippen LogP contribution in [-0.4, -0.2) is 29.3 Å². The smallest absolute Gasteiger partial charge is 0.240 e. The van der Waals surface area contributed by atoms with E-state index >= 15 is 0 Å². The Morgan fingerprint density at radius 2 is 1.94 bits per heavy atom. The molecule has 2 aliphatic rings. The Balaban J connectivity index is 1.36. The number of nitrogens with one attached hydrogen (secondary N) is 1. The predicted octanol–water partition coefficient (Wildman–Crippen LogP) is 5.68. The third-order valence-corrected chi connectivity index (χ3v) is 8.44. The van der Waals surface area contributed by atoms with Gasteiger partial charge in [-0.1, -0.05) is 55.7 Å². The van der Waals surface area contributed by atoms with Gasteiger partial charge in [-0.05, 0) is 69.2 Å². The number of unbranched alkanes of at least 4 members (excludes halogenated alkanes) is 2. The summed E-state index contributed by atoms with van der Waals surface area (Å²) in [4.78, 5) is 16.8. The molecule has 4 nitrogen and oxygen atoms in total. The van der Waals surface area contributed by atoms with E-state index in [1.807, 2.05) is 23.1 Å². The van der Waals surface area contributed by atoms with E-state index in [-0.39, 0.29) is 16.7 Å². The summed E-state index contributed by atoms with van der Waals surface area (Å²) in [7, 11) is 0. The van der Waals surface area contributed by atoms with E-state index < -0.39 is 0 Å². The first kappa shape index (κ1) is 24.3. The molecule has 1 unspecified atom stereocenters. The SMILES string of the molecule is C[C@H]1CCC[C@@](C)(CCCCCN2C(=O)C(Cc3cccc(CN)c3)Sc3ccccc32)N1. The van der Waals surface area contributed by atoms with E-state index in [0.29, 0.717) is 12.6 Å². The molecular weight excluding hydrogens is 426 g/mol. The van der Waals surface area contributed by atoms with Gasteiger partial charge >= 0.3 is 0 Å². The maximum atomic E-state index is 13.5. The van der Waals surface area contributed by atoms with Gasteiger partial charge in [0.05, 0.1) is 10.9 Å². The molecule has 1 amide bonds. The molecule has 4 rings (SSSR count). The van der Waals surface area contributed by atoms with Crippen LogP contribution >= 0.6 is 11.8 Å². The monoisotopic (exact) mass is 465 g/mol. The fraction of sp³-hybridized carbons (Fsp3) is 0.536. The fourth-order valence-corrected chi connectivity index (χ4v) is 6.70. The summed E-state index contributed by atoms with van der Waals surface area (Å²) in [6, 6.07) is 17.3. The number of hydrogen-bond acceptors (Lipinski definition) is 4. The van der Waals surface area contributed by atoms with Crippen molar-refractivity contribution in [2.24, 2.45) is 5.73 Å². The number of benzene rings is 2. The van der Waals surface area contributed by atoms with E-state index in [1.165, 1.54) is 42.6 Å². The van der Waals surface area contributed by atoms with Crippen molar-refractivity contribution in [1.82, 2.24) is 5.32 Å². The molecule has 0 aromatic heterocycles. The molecule has 0 aliphatic carbocycles. The van der Waals surface area contributed by atoms with Crippen LogP contribution in [0.5, 0.6) is 0 Å². The first-order chi connectivity index (χ1) is 16.0. The third-order valence-electron chi connectivity index (χ3n) is 7.19. The van der Waals surface area contributed by atoms with Crippen molar-refractivity contribution < 1.29 is 4.79 Å². The van der Waals surface area contributed by atoms with Gasteiger partial charge in [0.1, 0.15) is 0 Å². The number of rotatable bonds is 9. The minimum absolute atomic E-state index is 0.0836. The summed E-state index contributed by atoms with van der Waals surface area (Å²) >= 11 is 1.71. The Hall–Kier alpha value is -1.82. The number of para-hydroxylation sites is 1. The maximum absolute atomic E-state index is 13.5. The second kappa shape index (κ2) is 11.1. The van der Waals surface area contributed by atoms with E-state index in [2.05, 4.69) is 49.5 Å². The standard InChI is InChI=1S/C28H39N3OS/c1-21-10-9-16-28(2,30-21)15-6-3-7-17-31-24-13-4-5-14-25(24)33-26(27(31)32)19-22-11-8-12-23(18-22)20-29/h4-5,8,11-14,18,21,26,30H,3,6-7,9-10,15-17,19-20,29H2,1-2H3/t21-,26?,28+/m0/s1. The number of nitrogens with two attached hydrogens (primary N) is 1. The van der Waals surface area contributed by atoms with Gasteiger partial charge in [0.2, 0.25) is 5.91 Å². The summed E-state index contributed by atoms with van der Waals surface area (Å²) in [6.45, 7) is 6.02. The van der Waals surface area contributed by atoms with E-state index in [0.717, 1.165) is 37.1 Å². The van der Waals surface area contributed by atoms with E-state index in [9.17, 15) is 4.79 Å². The number of piperidine rings is 1. The van der Waals surface area contributed by atoms with Crippen LogP contribution in [0.15, 0.2) is 53.4 Å². The molecule has 178 valence electrons. The Morgan fingerprint density at radius 3 is 2.76 bits per heavy atom. The summed E-state index contributed by atoms with van der Waals surface area (Å²) in [5.41, 5.74) is 9.49. The second-order valence-corrected chi connectivity index (χ2v) is 11.3. The van der Waals surface area contributed by atoms with Crippen LogP contribution in [-0.2, 0) is 17.8 Å². The lowest BCUT2D eigenvalue weighted by molar-refractivity contribution is -0.118. The molecule has 0 radical (unpaired) electrons. The van der Waals surface area contributed by atoms with Crippen LogP contribution in [0.1, 0.15) is 69.9 Å². The normalized spacial score (nSPS) is 25.2. The van der Waals surface area contributed by atoms with Gasteiger partial charge in [-0.2, -0.15) is 0 Å². The lowest BCUT2D eigenvalue weighted by atomic mass is 9.84. The molecule has 0 bridgehead atoms. The van der Waals surface area contributed by atoms with Crippen LogP contribution < -0.4 is 16.0 Å². The molecule has 3 N–H and O–H groups in total. The summed E-state index contributed by atoms with van der Waals surface area (Å²) in [5.74, 6) is 0.242. The van der Waals surface area contributed by atoms with Crippen LogP contribution in [0.25, 0.3) is 0 Å². The molecule has 2 heterocycles. The summed E-state index contributed by atoms with van der Waals surface area (Å²) in [6.07, 6.45) is 9.28. The molecule has 5 heteroatoms. The molecule has 3 atom stereocenters. The molecule has 2 aromatic rings. The summed E-state index contributed by atoms with van der Waals surface area (Å²) in [5, 5.41) is 3.73. The largest absolute Gasteiger partial charge is 0.326 e. The zero-order chi connectivity index (χ0) is 23.3. The lowest BCUT2D eigenvalue weighted by Gasteiger charge is -2.39. The molecule has 2 aliphatic heterocycles. The number of thioether (sulfide) groups is 1. The molecule has 33 heavy (non-hydrogen) atoms. The average molecular weight is 466 g/mol. The number of hydrogen-bond donors (Lipinski definition) is 2. The molecule has 1 saturated heterocycles. The molecule has 0 spiro atoms. The topological polar surface area (TPSA) is 58.4 Å². The van der Waals surface area contributed by atoms with Gasteiger partial charge in [0.25, 0.3) is 0 Å². The predicted molar refractivity (Wildman–Crippen MR) is 140 cm³/mol. The van der Waals surface area contributed by atoms with Crippen molar-refractivity contribution >= 4 is 23.4 Å². The highest BCUT2D eigenvalue weighted by atomic mass is 32.2. The highest BCUT2D eigenvalue weighted by Crippen LogP contribution is 2.40. The Morgan fingerprint density at radius 1 is 1.12 bits per heavy atom. The average Bonchev–Trinajstić information content (AvgIpc) is 2.81. The number of carbonyl (C=O) groups excluding carboxylic acids is 1. The van der Waals surface area contributed by atoms with Crippen molar-refractivity contribution in [3.05, 3.63) is 59.7 Å². The van der Waals surface area contributed by atoms with E-state index in [1.54, 1.807) is 11.8 Å². The van der Waals surface area contributed by atoms with Gasteiger partial charge in [0.15, 0.2) is 0 Å². The van der Waals surface area contributed by atoms with Crippen molar-refractivity contribution in [3.63, 3.8) is 0 Å². The lowest BCUT2D eigenvalue weighted by Crippen LogP contribution is -2.50. The van der Waals surface area contributed by atoms with Gasteiger partial charge in [-0.15, -0.1) is 11.8 Å². The van der Waals surface area contributed by atoms with Gasteiger partial charge in [-0.3, -0.25) is 4.79 Å². The van der Waals surface area contributed by atoms with Crippen molar-refractivity contribution in [1.29, 1.82) is 0 Å². The Labute approximate surface area is 203 Å². The quantitative estimate of drug-likeness (QED) is 0.468. The van der Waals surface area contributed by atoms with E-state index in [4.69, 9.17) is 5.73 Å². The molecule has 0 saturated carbocycles. The molecule has 1 fully saturated rings. The third kappa shape index (κ3) is 6.20. The number of carbonyl (C=O) groups is 1. The van der Waals surface area contributed by atoms with Gasteiger partial charge in [0, 0.05) is 29.6 Å². The van der Waals surface area contributed by atoms with Crippen molar-refractivity contribution in [2.45, 2.75) is 93.5 Å². The van der Waals surface area contributed by atoms with Crippen molar-refractivity contribution in [2.75, 3.05) is 11.4 Å². The highest BCUT2D eigenvalue weighted by molar-refractivity contribution is 8.01. The number of anilines is 1.